The van der Waals surface area contributed by atoms with Crippen molar-refractivity contribution in [1.29, 1.82) is 0 Å². The summed E-state index contributed by atoms with van der Waals surface area (Å²) in [6.07, 6.45) is -0.667. The fraction of sp³-hybridized carbons (Fsp3) is 0.333. The maximum absolute atomic E-state index is 13.6. The topological polar surface area (TPSA) is 67.4 Å². The van der Waals surface area contributed by atoms with Crippen LogP contribution >= 0.6 is 0 Å². The van der Waals surface area contributed by atoms with Gasteiger partial charge in [-0.15, -0.1) is 0 Å². The van der Waals surface area contributed by atoms with Crippen molar-refractivity contribution in [1.82, 2.24) is 0 Å². The van der Waals surface area contributed by atoms with E-state index in [0.29, 0.717) is 5.69 Å². The Labute approximate surface area is 122 Å². The molecule has 0 aromatic heterocycles. The third-order valence-electron chi connectivity index (χ3n) is 2.10. The molecule has 0 saturated carbocycles. The van der Waals surface area contributed by atoms with Crippen molar-refractivity contribution in [2.45, 2.75) is 33.3 Å². The van der Waals surface area contributed by atoms with Crippen LogP contribution in [0.3, 0.4) is 0 Å². The molecule has 0 fully saturated rings. The normalized spacial score (nSPS) is 10.1. The summed E-state index contributed by atoms with van der Waals surface area (Å²) in [6.45, 7) is 6.68. The van der Waals surface area contributed by atoms with E-state index in [1.54, 1.807) is 20.8 Å². The molecule has 5 nitrogen and oxygen atoms in total. The quantitative estimate of drug-likeness (QED) is 0.823. The first kappa shape index (κ1) is 16.5. The van der Waals surface area contributed by atoms with Gasteiger partial charge in [-0.25, -0.2) is 9.18 Å². The molecule has 0 bridgehead atoms. The van der Waals surface area contributed by atoms with Gasteiger partial charge in [-0.3, -0.25) is 10.1 Å². The molecule has 0 aliphatic carbocycles. The van der Waals surface area contributed by atoms with Crippen molar-refractivity contribution in [3.05, 3.63) is 24.0 Å². The monoisotopic (exact) mass is 292 g/mol. The zero-order valence-corrected chi connectivity index (χ0v) is 12.3. The largest absolute Gasteiger partial charge is 0.444 e. The van der Waals surface area contributed by atoms with E-state index in [9.17, 15) is 14.0 Å². The van der Waals surface area contributed by atoms with Gasteiger partial charge in [0, 0.05) is 5.69 Å². The standard InChI is InChI=1S/C15H17FN2O3/c1-5-6-13(19)18-12-9-10(7-8-11(12)16)17-14(20)21-15(2,3)4/h7-9H,1-4H3,(H,17,20)(H,18,19). The Hall–Kier alpha value is -2.55. The smallest absolute Gasteiger partial charge is 0.412 e. The van der Waals surface area contributed by atoms with E-state index < -0.39 is 23.4 Å². The second-order valence-corrected chi connectivity index (χ2v) is 5.15. The second kappa shape index (κ2) is 6.75. The minimum atomic E-state index is -0.667. The fourth-order valence-electron chi connectivity index (χ4n) is 1.39. The van der Waals surface area contributed by atoms with Crippen LogP contribution in [0.2, 0.25) is 0 Å². The minimum Gasteiger partial charge on any atom is -0.444 e. The average Bonchev–Trinajstić information content (AvgIpc) is 2.31. The molecule has 1 rings (SSSR count). The molecule has 2 N–H and O–H groups in total. The molecule has 0 radical (unpaired) electrons. The number of halogens is 1. The van der Waals surface area contributed by atoms with E-state index in [2.05, 4.69) is 22.5 Å². The first-order valence-electron chi connectivity index (χ1n) is 6.24. The van der Waals surface area contributed by atoms with Gasteiger partial charge in [0.15, 0.2) is 0 Å². The first-order chi connectivity index (χ1) is 9.71. The SMILES string of the molecule is CC#CC(=O)Nc1cc(NC(=O)OC(C)(C)C)ccc1F. The lowest BCUT2D eigenvalue weighted by molar-refractivity contribution is -0.111. The fourth-order valence-corrected chi connectivity index (χ4v) is 1.39. The summed E-state index contributed by atoms with van der Waals surface area (Å²) in [6, 6.07) is 3.77. The van der Waals surface area contributed by atoms with E-state index >= 15 is 0 Å². The van der Waals surface area contributed by atoms with Crippen LogP contribution in [0, 0.1) is 17.7 Å². The van der Waals surface area contributed by atoms with Crippen LogP contribution in [0.5, 0.6) is 0 Å². The number of anilines is 2. The summed E-state index contributed by atoms with van der Waals surface area (Å²) in [5, 5.41) is 4.75. The van der Waals surface area contributed by atoms with Crippen molar-refractivity contribution in [3.8, 4) is 11.8 Å². The molecule has 21 heavy (non-hydrogen) atoms. The molecule has 0 spiro atoms. The van der Waals surface area contributed by atoms with Crippen LogP contribution in [0.15, 0.2) is 18.2 Å². The maximum Gasteiger partial charge on any atom is 0.412 e. The van der Waals surface area contributed by atoms with Gasteiger partial charge in [0.05, 0.1) is 5.69 Å². The van der Waals surface area contributed by atoms with Gasteiger partial charge in [0.2, 0.25) is 0 Å². The summed E-state index contributed by atoms with van der Waals surface area (Å²) >= 11 is 0. The summed E-state index contributed by atoms with van der Waals surface area (Å²) < 4.78 is 18.6. The Balaban J connectivity index is 2.83. The van der Waals surface area contributed by atoms with Crippen molar-refractivity contribution in [2.24, 2.45) is 0 Å². The minimum absolute atomic E-state index is 0.0729. The lowest BCUT2D eigenvalue weighted by atomic mass is 10.2. The van der Waals surface area contributed by atoms with Crippen LogP contribution in [-0.4, -0.2) is 17.6 Å². The molecule has 0 atom stereocenters. The van der Waals surface area contributed by atoms with Crippen LogP contribution in [-0.2, 0) is 9.53 Å². The predicted octanol–water partition coefficient (Wildman–Crippen LogP) is 3.13. The third kappa shape index (κ3) is 5.95. The number of hydrogen-bond acceptors (Lipinski definition) is 3. The maximum atomic E-state index is 13.6. The van der Waals surface area contributed by atoms with Crippen molar-refractivity contribution in [3.63, 3.8) is 0 Å². The summed E-state index contributed by atoms with van der Waals surface area (Å²) in [4.78, 5) is 22.9. The molecule has 1 aromatic carbocycles. The second-order valence-electron chi connectivity index (χ2n) is 5.15. The van der Waals surface area contributed by atoms with Gasteiger partial charge in [-0.2, -0.15) is 0 Å². The highest BCUT2D eigenvalue weighted by Gasteiger charge is 2.16. The highest BCUT2D eigenvalue weighted by Crippen LogP contribution is 2.20. The van der Waals surface area contributed by atoms with Crippen molar-refractivity contribution >= 4 is 23.4 Å². The molecule has 6 heteroatoms. The van der Waals surface area contributed by atoms with E-state index in [1.807, 2.05) is 0 Å². The molecule has 0 unspecified atom stereocenters. The lowest BCUT2D eigenvalue weighted by Crippen LogP contribution is -2.27. The van der Waals surface area contributed by atoms with Crippen LogP contribution in [0.25, 0.3) is 0 Å². The Morgan fingerprint density at radius 2 is 1.90 bits per heavy atom. The Bertz CT molecular complexity index is 610. The number of nitrogens with one attached hydrogen (secondary N) is 2. The number of amides is 2. The average molecular weight is 292 g/mol. The highest BCUT2D eigenvalue weighted by molar-refractivity contribution is 6.04. The molecular formula is C15H17FN2O3. The molecule has 0 aliphatic heterocycles. The highest BCUT2D eigenvalue weighted by atomic mass is 19.1. The number of carbonyl (C=O) groups excluding carboxylic acids is 2. The van der Waals surface area contributed by atoms with E-state index in [1.165, 1.54) is 19.1 Å². The van der Waals surface area contributed by atoms with E-state index in [-0.39, 0.29) is 5.69 Å². The van der Waals surface area contributed by atoms with Gasteiger partial charge in [0.1, 0.15) is 11.4 Å². The Morgan fingerprint density at radius 1 is 1.24 bits per heavy atom. The number of hydrogen-bond donors (Lipinski definition) is 2. The number of rotatable bonds is 2. The van der Waals surface area contributed by atoms with E-state index in [4.69, 9.17) is 4.74 Å². The predicted molar refractivity (Wildman–Crippen MR) is 78.3 cm³/mol. The van der Waals surface area contributed by atoms with Gasteiger partial charge in [-0.1, -0.05) is 5.92 Å². The first-order valence-corrected chi connectivity index (χ1v) is 6.24. The lowest BCUT2D eigenvalue weighted by Gasteiger charge is -2.19. The van der Waals surface area contributed by atoms with Gasteiger partial charge in [-0.05, 0) is 51.8 Å². The molecule has 112 valence electrons. The van der Waals surface area contributed by atoms with Gasteiger partial charge in [0.25, 0.3) is 5.91 Å². The molecule has 0 aliphatic rings. The molecule has 0 saturated heterocycles. The van der Waals surface area contributed by atoms with Crippen LogP contribution in [0.4, 0.5) is 20.6 Å². The van der Waals surface area contributed by atoms with Crippen LogP contribution < -0.4 is 10.6 Å². The van der Waals surface area contributed by atoms with Crippen LogP contribution in [0.1, 0.15) is 27.7 Å². The number of carbonyl (C=O) groups is 2. The third-order valence-corrected chi connectivity index (χ3v) is 2.10. The zero-order chi connectivity index (χ0) is 16.0. The van der Waals surface area contributed by atoms with Crippen molar-refractivity contribution in [2.75, 3.05) is 10.6 Å². The zero-order valence-electron chi connectivity index (χ0n) is 12.3. The van der Waals surface area contributed by atoms with Gasteiger partial charge >= 0.3 is 6.09 Å². The number of benzene rings is 1. The molecule has 0 heterocycles. The van der Waals surface area contributed by atoms with Crippen molar-refractivity contribution < 1.29 is 18.7 Å². The Morgan fingerprint density at radius 3 is 2.48 bits per heavy atom. The van der Waals surface area contributed by atoms with E-state index in [0.717, 1.165) is 6.07 Å². The summed E-state index contributed by atoms with van der Waals surface area (Å²) in [5.74, 6) is 3.38. The summed E-state index contributed by atoms with van der Waals surface area (Å²) in [5.41, 5.74) is -0.417. The molecule has 2 amide bonds. The molecule has 1 aromatic rings. The number of ether oxygens (including phenoxy) is 1. The summed E-state index contributed by atoms with van der Waals surface area (Å²) in [7, 11) is 0. The van der Waals surface area contributed by atoms with Gasteiger partial charge < -0.3 is 10.1 Å². The Kier molecular flexibility index (Phi) is 5.30. The molecular weight excluding hydrogens is 275 g/mol.